The van der Waals surface area contributed by atoms with Crippen molar-refractivity contribution in [2.75, 3.05) is 63.8 Å². The molecule has 2 aliphatic heterocycles. The van der Waals surface area contributed by atoms with Crippen LogP contribution in [0.3, 0.4) is 0 Å². The van der Waals surface area contributed by atoms with Crippen LogP contribution in [-0.2, 0) is 4.79 Å². The number of nitrogens with one attached hydrogen (secondary N) is 2. The molecule has 0 bridgehead atoms. The molecule has 1 aromatic rings. The summed E-state index contributed by atoms with van der Waals surface area (Å²) in [6.07, 6.45) is 5.70. The van der Waals surface area contributed by atoms with Crippen molar-refractivity contribution in [3.8, 4) is 0 Å². The summed E-state index contributed by atoms with van der Waals surface area (Å²) in [5.41, 5.74) is 0. The highest BCUT2D eigenvalue weighted by atomic mass is 32.1. The second-order valence-corrected chi connectivity index (χ2v) is 9.84. The second kappa shape index (κ2) is 11.2. The van der Waals surface area contributed by atoms with E-state index in [1.54, 1.807) is 0 Å². The summed E-state index contributed by atoms with van der Waals surface area (Å²) in [4.78, 5) is 24.3. The fourth-order valence-electron chi connectivity index (χ4n) is 4.62. The minimum atomic E-state index is 0.321. The molecule has 172 valence electrons. The molecule has 3 aliphatic rings. The van der Waals surface area contributed by atoms with Crippen molar-refractivity contribution in [1.29, 1.82) is 0 Å². The number of anilines is 1. The predicted octanol–water partition coefficient (Wildman–Crippen LogP) is 2.22. The Bertz CT molecular complexity index is 704. The van der Waals surface area contributed by atoms with Crippen LogP contribution in [0.2, 0.25) is 0 Å². The fourth-order valence-corrected chi connectivity index (χ4v) is 5.40. The van der Waals surface area contributed by atoms with Crippen molar-refractivity contribution >= 4 is 28.2 Å². The average Bonchev–Trinajstić information content (AvgIpc) is 3.28. The number of rotatable bonds is 7. The SMILES string of the molecule is CCNC(=NCCN1CCN(C(=O)C2CCC2)CC1)NC1CCN(c2cccs2)CC1. The molecule has 2 saturated heterocycles. The molecular formula is C23H38N6OS. The third-order valence-corrected chi connectivity index (χ3v) is 7.75. The second-order valence-electron chi connectivity index (χ2n) is 8.91. The van der Waals surface area contributed by atoms with E-state index in [0.717, 1.165) is 90.5 Å². The third-order valence-electron chi connectivity index (χ3n) is 6.82. The van der Waals surface area contributed by atoms with E-state index in [9.17, 15) is 4.79 Å². The minimum absolute atomic E-state index is 0.321. The van der Waals surface area contributed by atoms with Gasteiger partial charge in [-0.25, -0.2) is 0 Å². The standard InChI is InChI=1S/C23H38N6OS/c1-2-24-23(26-20-8-11-28(12-9-20)21-7-4-18-31-21)25-10-13-27-14-16-29(17-15-27)22(30)19-5-3-6-19/h4,7,18-20H,2-3,5-6,8-17H2,1H3,(H2,24,25,26). The van der Waals surface area contributed by atoms with E-state index in [-0.39, 0.29) is 0 Å². The van der Waals surface area contributed by atoms with Gasteiger partial charge in [0.1, 0.15) is 0 Å². The van der Waals surface area contributed by atoms with Crippen LogP contribution in [0.25, 0.3) is 0 Å². The number of guanidine groups is 1. The van der Waals surface area contributed by atoms with Crippen molar-refractivity contribution < 1.29 is 4.79 Å². The Kier molecular flexibility index (Phi) is 8.08. The Morgan fingerprint density at radius 3 is 2.52 bits per heavy atom. The topological polar surface area (TPSA) is 63.2 Å². The van der Waals surface area contributed by atoms with E-state index in [1.165, 1.54) is 11.4 Å². The quantitative estimate of drug-likeness (QED) is 0.497. The van der Waals surface area contributed by atoms with Crippen LogP contribution in [0.4, 0.5) is 5.00 Å². The monoisotopic (exact) mass is 446 g/mol. The van der Waals surface area contributed by atoms with Crippen LogP contribution >= 0.6 is 11.3 Å². The van der Waals surface area contributed by atoms with Gasteiger partial charge >= 0.3 is 0 Å². The molecule has 0 spiro atoms. The highest BCUT2D eigenvalue weighted by Crippen LogP contribution is 2.28. The molecule has 8 heteroatoms. The number of piperidine rings is 1. The Morgan fingerprint density at radius 2 is 1.90 bits per heavy atom. The first-order chi connectivity index (χ1) is 15.2. The highest BCUT2D eigenvalue weighted by Gasteiger charge is 2.31. The van der Waals surface area contributed by atoms with E-state index in [1.807, 2.05) is 11.3 Å². The molecule has 0 unspecified atom stereocenters. The van der Waals surface area contributed by atoms with Gasteiger partial charge in [-0.3, -0.25) is 14.7 Å². The summed E-state index contributed by atoms with van der Waals surface area (Å²) < 4.78 is 0. The zero-order valence-electron chi connectivity index (χ0n) is 18.9. The van der Waals surface area contributed by atoms with Crippen LogP contribution in [0.15, 0.2) is 22.5 Å². The number of amides is 1. The van der Waals surface area contributed by atoms with E-state index < -0.39 is 0 Å². The maximum atomic E-state index is 12.4. The molecular weight excluding hydrogens is 408 g/mol. The number of carbonyl (C=O) groups excluding carboxylic acids is 1. The van der Waals surface area contributed by atoms with Gasteiger partial charge in [-0.2, -0.15) is 0 Å². The minimum Gasteiger partial charge on any atom is -0.363 e. The van der Waals surface area contributed by atoms with E-state index in [0.29, 0.717) is 17.9 Å². The Morgan fingerprint density at radius 1 is 1.13 bits per heavy atom. The Labute approximate surface area is 190 Å². The molecule has 31 heavy (non-hydrogen) atoms. The smallest absolute Gasteiger partial charge is 0.225 e. The van der Waals surface area contributed by atoms with Gasteiger partial charge in [0.15, 0.2) is 5.96 Å². The average molecular weight is 447 g/mol. The molecule has 0 radical (unpaired) electrons. The van der Waals surface area contributed by atoms with Crippen molar-refractivity contribution in [3.63, 3.8) is 0 Å². The van der Waals surface area contributed by atoms with Gasteiger partial charge in [-0.1, -0.05) is 6.42 Å². The summed E-state index contributed by atoms with van der Waals surface area (Å²) in [5, 5.41) is 10.6. The Balaban J connectivity index is 1.17. The van der Waals surface area contributed by atoms with Gasteiger partial charge in [0, 0.05) is 64.3 Å². The lowest BCUT2D eigenvalue weighted by molar-refractivity contribution is -0.139. The van der Waals surface area contributed by atoms with Crippen molar-refractivity contribution in [1.82, 2.24) is 20.4 Å². The van der Waals surface area contributed by atoms with Crippen molar-refractivity contribution in [2.45, 2.75) is 45.1 Å². The maximum absolute atomic E-state index is 12.4. The first-order valence-electron chi connectivity index (χ1n) is 12.1. The maximum Gasteiger partial charge on any atom is 0.225 e. The van der Waals surface area contributed by atoms with E-state index >= 15 is 0 Å². The first kappa shape index (κ1) is 22.4. The van der Waals surface area contributed by atoms with E-state index in [2.05, 4.69) is 49.8 Å². The normalized spacial score (nSPS) is 21.8. The summed E-state index contributed by atoms with van der Waals surface area (Å²) in [5.74, 6) is 1.66. The van der Waals surface area contributed by atoms with Crippen LogP contribution in [-0.4, -0.2) is 86.6 Å². The van der Waals surface area contributed by atoms with Crippen molar-refractivity contribution in [2.24, 2.45) is 10.9 Å². The van der Waals surface area contributed by atoms with Gasteiger partial charge in [0.25, 0.3) is 0 Å². The number of piperazine rings is 1. The predicted molar refractivity (Wildman–Crippen MR) is 129 cm³/mol. The molecule has 3 heterocycles. The number of aliphatic imine (C=N–C) groups is 1. The highest BCUT2D eigenvalue weighted by molar-refractivity contribution is 7.14. The molecule has 4 rings (SSSR count). The molecule has 1 saturated carbocycles. The lowest BCUT2D eigenvalue weighted by Gasteiger charge is -2.38. The van der Waals surface area contributed by atoms with Crippen LogP contribution in [0.5, 0.6) is 0 Å². The number of hydrogen-bond donors (Lipinski definition) is 2. The molecule has 1 aliphatic carbocycles. The summed E-state index contributed by atoms with van der Waals surface area (Å²) >= 11 is 1.83. The molecule has 2 N–H and O–H groups in total. The molecule has 1 aromatic heterocycles. The lowest BCUT2D eigenvalue weighted by Crippen LogP contribution is -2.51. The molecule has 7 nitrogen and oxygen atoms in total. The molecule has 0 atom stereocenters. The number of hydrogen-bond acceptors (Lipinski definition) is 5. The summed E-state index contributed by atoms with van der Waals surface area (Å²) in [7, 11) is 0. The van der Waals surface area contributed by atoms with Crippen LogP contribution in [0, 0.1) is 5.92 Å². The number of carbonyl (C=O) groups is 1. The van der Waals surface area contributed by atoms with Gasteiger partial charge in [-0.15, -0.1) is 11.3 Å². The van der Waals surface area contributed by atoms with E-state index in [4.69, 9.17) is 4.99 Å². The Hall–Kier alpha value is -1.80. The largest absolute Gasteiger partial charge is 0.363 e. The van der Waals surface area contributed by atoms with Gasteiger partial charge in [0.2, 0.25) is 5.91 Å². The molecule has 1 amide bonds. The summed E-state index contributed by atoms with van der Waals surface area (Å²) in [6.45, 7) is 10.6. The fraction of sp³-hybridized carbons (Fsp3) is 0.739. The first-order valence-corrected chi connectivity index (χ1v) is 13.0. The number of thiophene rings is 1. The summed E-state index contributed by atoms with van der Waals surface area (Å²) in [6, 6.07) is 4.83. The zero-order chi connectivity index (χ0) is 21.5. The van der Waals surface area contributed by atoms with Gasteiger partial charge in [0.05, 0.1) is 11.5 Å². The lowest BCUT2D eigenvalue weighted by atomic mass is 9.84. The van der Waals surface area contributed by atoms with Crippen LogP contribution in [0.1, 0.15) is 39.0 Å². The third kappa shape index (κ3) is 6.13. The van der Waals surface area contributed by atoms with Crippen LogP contribution < -0.4 is 15.5 Å². The van der Waals surface area contributed by atoms with Crippen molar-refractivity contribution in [3.05, 3.63) is 17.5 Å². The molecule has 3 fully saturated rings. The zero-order valence-corrected chi connectivity index (χ0v) is 19.7. The van der Waals surface area contributed by atoms with Gasteiger partial charge in [-0.05, 0) is 50.1 Å². The molecule has 0 aromatic carbocycles. The number of nitrogens with zero attached hydrogens (tertiary/aromatic N) is 4. The van der Waals surface area contributed by atoms with Gasteiger partial charge < -0.3 is 20.4 Å².